The SMILES string of the molecule is CN1CCN(CC(=O)NCc2ccc(C#N)cc2)c2ccc(Cl)cc21. The van der Waals surface area contributed by atoms with Crippen molar-refractivity contribution in [1.29, 1.82) is 5.26 Å². The predicted molar refractivity (Wildman–Crippen MR) is 99.9 cm³/mol. The number of carbonyl (C=O) groups is 1. The lowest BCUT2D eigenvalue weighted by molar-refractivity contribution is -0.119. The number of halogens is 1. The quantitative estimate of drug-likeness (QED) is 0.917. The van der Waals surface area contributed by atoms with E-state index in [9.17, 15) is 4.79 Å². The minimum absolute atomic E-state index is 0.0326. The Labute approximate surface area is 152 Å². The number of nitrogens with one attached hydrogen (secondary N) is 1. The molecule has 1 aliphatic heterocycles. The summed E-state index contributed by atoms with van der Waals surface area (Å²) in [6.45, 7) is 2.39. The van der Waals surface area contributed by atoms with Crippen LogP contribution in [0.5, 0.6) is 0 Å². The Kier molecular flexibility index (Phi) is 5.11. The number of benzene rings is 2. The van der Waals surface area contributed by atoms with Gasteiger partial charge in [0.2, 0.25) is 5.91 Å². The fourth-order valence-corrected chi connectivity index (χ4v) is 3.04. The molecule has 2 aromatic rings. The molecule has 0 unspecified atom stereocenters. The van der Waals surface area contributed by atoms with Crippen molar-refractivity contribution in [1.82, 2.24) is 5.32 Å². The highest BCUT2D eigenvalue weighted by Gasteiger charge is 2.22. The van der Waals surface area contributed by atoms with Crippen LogP contribution in [0.1, 0.15) is 11.1 Å². The molecule has 0 aliphatic carbocycles. The second-order valence-corrected chi connectivity index (χ2v) is 6.50. The van der Waals surface area contributed by atoms with Gasteiger partial charge in [-0.2, -0.15) is 5.26 Å². The average Bonchev–Trinajstić information content (AvgIpc) is 2.63. The minimum atomic E-state index is -0.0326. The first kappa shape index (κ1) is 17.1. The van der Waals surface area contributed by atoms with E-state index in [1.807, 2.05) is 37.4 Å². The van der Waals surface area contributed by atoms with Crippen LogP contribution in [0.4, 0.5) is 11.4 Å². The third kappa shape index (κ3) is 4.04. The lowest BCUT2D eigenvalue weighted by Crippen LogP contribution is -2.44. The third-order valence-electron chi connectivity index (χ3n) is 4.30. The largest absolute Gasteiger partial charge is 0.371 e. The standard InChI is InChI=1S/C19H19ClN4O/c1-23-8-9-24(17-7-6-16(20)10-18(17)23)13-19(25)22-12-15-4-2-14(11-21)3-5-15/h2-7,10H,8-9,12-13H2,1H3,(H,22,25). The van der Waals surface area contributed by atoms with Crippen molar-refractivity contribution in [3.63, 3.8) is 0 Å². The summed E-state index contributed by atoms with van der Waals surface area (Å²) in [5.41, 5.74) is 3.64. The van der Waals surface area contributed by atoms with Gasteiger partial charge in [-0.1, -0.05) is 23.7 Å². The molecule has 128 valence electrons. The molecule has 0 spiro atoms. The number of likely N-dealkylation sites (N-methyl/N-ethyl adjacent to an activating group) is 1. The molecule has 1 N–H and O–H groups in total. The number of amides is 1. The van der Waals surface area contributed by atoms with Crippen LogP contribution in [0.3, 0.4) is 0 Å². The summed E-state index contributed by atoms with van der Waals surface area (Å²) in [5, 5.41) is 12.4. The predicted octanol–water partition coefficient (Wildman–Crippen LogP) is 2.78. The van der Waals surface area contributed by atoms with Crippen molar-refractivity contribution in [2.24, 2.45) is 0 Å². The van der Waals surface area contributed by atoms with E-state index in [0.29, 0.717) is 23.7 Å². The van der Waals surface area contributed by atoms with Crippen molar-refractivity contribution in [3.8, 4) is 6.07 Å². The van der Waals surface area contributed by atoms with Crippen LogP contribution in [-0.2, 0) is 11.3 Å². The van der Waals surface area contributed by atoms with Gasteiger partial charge in [-0.3, -0.25) is 4.79 Å². The zero-order chi connectivity index (χ0) is 17.8. The van der Waals surface area contributed by atoms with Crippen LogP contribution in [0.15, 0.2) is 42.5 Å². The van der Waals surface area contributed by atoms with Gasteiger partial charge in [0, 0.05) is 31.7 Å². The summed E-state index contributed by atoms with van der Waals surface area (Å²) in [4.78, 5) is 16.5. The van der Waals surface area contributed by atoms with Crippen LogP contribution < -0.4 is 15.1 Å². The Morgan fingerprint density at radius 3 is 2.68 bits per heavy atom. The molecule has 0 atom stereocenters. The first-order valence-electron chi connectivity index (χ1n) is 8.08. The molecule has 25 heavy (non-hydrogen) atoms. The summed E-state index contributed by atoms with van der Waals surface area (Å²) in [6, 6.07) is 15.0. The van der Waals surface area contributed by atoms with E-state index >= 15 is 0 Å². The number of hydrogen-bond acceptors (Lipinski definition) is 4. The van der Waals surface area contributed by atoms with Gasteiger partial charge in [-0.15, -0.1) is 0 Å². The van der Waals surface area contributed by atoms with E-state index in [-0.39, 0.29) is 5.91 Å². The molecule has 0 fully saturated rings. The lowest BCUT2D eigenvalue weighted by atomic mass is 10.1. The summed E-state index contributed by atoms with van der Waals surface area (Å²) in [6.07, 6.45) is 0. The van der Waals surface area contributed by atoms with Gasteiger partial charge in [0.15, 0.2) is 0 Å². The molecular weight excluding hydrogens is 336 g/mol. The smallest absolute Gasteiger partial charge is 0.239 e. The molecule has 3 rings (SSSR count). The second-order valence-electron chi connectivity index (χ2n) is 6.06. The van der Waals surface area contributed by atoms with E-state index in [2.05, 4.69) is 21.2 Å². The molecule has 0 radical (unpaired) electrons. The molecule has 0 saturated heterocycles. The van der Waals surface area contributed by atoms with Gasteiger partial charge >= 0.3 is 0 Å². The van der Waals surface area contributed by atoms with Gasteiger partial charge in [0.1, 0.15) is 0 Å². The molecule has 5 nitrogen and oxygen atoms in total. The Balaban J connectivity index is 1.61. The Bertz CT molecular complexity index is 813. The number of anilines is 2. The summed E-state index contributed by atoms with van der Waals surface area (Å²) in [5.74, 6) is -0.0326. The number of rotatable bonds is 4. The molecular formula is C19H19ClN4O. The molecule has 1 amide bonds. The summed E-state index contributed by atoms with van der Waals surface area (Å²) in [7, 11) is 2.03. The Morgan fingerprint density at radius 2 is 1.96 bits per heavy atom. The fourth-order valence-electron chi connectivity index (χ4n) is 2.87. The Hall–Kier alpha value is -2.71. The van der Waals surface area contributed by atoms with Gasteiger partial charge < -0.3 is 15.1 Å². The first-order chi connectivity index (χ1) is 12.1. The van der Waals surface area contributed by atoms with Crippen molar-refractivity contribution in [2.45, 2.75) is 6.54 Å². The van der Waals surface area contributed by atoms with E-state index < -0.39 is 0 Å². The highest BCUT2D eigenvalue weighted by Crippen LogP contribution is 2.34. The van der Waals surface area contributed by atoms with E-state index in [4.69, 9.17) is 16.9 Å². The third-order valence-corrected chi connectivity index (χ3v) is 4.54. The van der Waals surface area contributed by atoms with Crippen molar-refractivity contribution < 1.29 is 4.79 Å². The maximum atomic E-state index is 12.3. The highest BCUT2D eigenvalue weighted by atomic mass is 35.5. The number of hydrogen-bond donors (Lipinski definition) is 1. The van der Waals surface area contributed by atoms with Crippen molar-refractivity contribution >= 4 is 28.9 Å². The first-order valence-corrected chi connectivity index (χ1v) is 8.46. The molecule has 1 aliphatic rings. The molecule has 0 bridgehead atoms. The lowest BCUT2D eigenvalue weighted by Gasteiger charge is -2.36. The highest BCUT2D eigenvalue weighted by molar-refractivity contribution is 6.31. The monoisotopic (exact) mass is 354 g/mol. The van der Waals surface area contributed by atoms with Crippen molar-refractivity contribution in [2.75, 3.05) is 36.5 Å². The summed E-state index contributed by atoms with van der Waals surface area (Å²) < 4.78 is 0. The zero-order valence-corrected chi connectivity index (χ0v) is 14.8. The van der Waals surface area contributed by atoms with Gasteiger partial charge in [-0.25, -0.2) is 0 Å². The molecule has 0 saturated carbocycles. The number of carbonyl (C=O) groups excluding carboxylic acids is 1. The minimum Gasteiger partial charge on any atom is -0.371 e. The molecule has 6 heteroatoms. The van der Waals surface area contributed by atoms with Crippen LogP contribution in [0, 0.1) is 11.3 Å². The fraction of sp³-hybridized carbons (Fsp3) is 0.263. The van der Waals surface area contributed by atoms with Gasteiger partial charge in [0.05, 0.1) is 29.6 Å². The summed E-state index contributed by atoms with van der Waals surface area (Å²) >= 11 is 6.09. The average molecular weight is 355 g/mol. The topological polar surface area (TPSA) is 59.4 Å². The van der Waals surface area contributed by atoms with Crippen LogP contribution in [0.25, 0.3) is 0 Å². The molecule has 2 aromatic carbocycles. The van der Waals surface area contributed by atoms with Crippen LogP contribution in [-0.4, -0.2) is 32.6 Å². The zero-order valence-electron chi connectivity index (χ0n) is 14.0. The molecule has 1 heterocycles. The Morgan fingerprint density at radius 1 is 1.20 bits per heavy atom. The number of fused-ring (bicyclic) bond motifs is 1. The normalized spacial score (nSPS) is 13.2. The van der Waals surface area contributed by atoms with Gasteiger partial charge in [-0.05, 0) is 35.9 Å². The maximum Gasteiger partial charge on any atom is 0.239 e. The van der Waals surface area contributed by atoms with E-state index in [0.717, 1.165) is 30.0 Å². The maximum absolute atomic E-state index is 12.3. The van der Waals surface area contributed by atoms with Gasteiger partial charge in [0.25, 0.3) is 0 Å². The van der Waals surface area contributed by atoms with Crippen molar-refractivity contribution in [3.05, 3.63) is 58.6 Å². The van der Waals surface area contributed by atoms with Crippen LogP contribution >= 0.6 is 11.6 Å². The second kappa shape index (κ2) is 7.45. The molecule has 0 aromatic heterocycles. The van der Waals surface area contributed by atoms with Crippen LogP contribution in [0.2, 0.25) is 5.02 Å². The number of nitrogens with zero attached hydrogens (tertiary/aromatic N) is 3. The van der Waals surface area contributed by atoms with E-state index in [1.165, 1.54) is 0 Å². The number of nitriles is 1. The van der Waals surface area contributed by atoms with E-state index in [1.54, 1.807) is 12.1 Å².